The van der Waals surface area contributed by atoms with E-state index in [1.807, 2.05) is 34.9 Å². The van der Waals surface area contributed by atoms with Crippen molar-refractivity contribution >= 4 is 64.1 Å². The van der Waals surface area contributed by atoms with Crippen LogP contribution in [-0.2, 0) is 9.53 Å². The minimum absolute atomic E-state index is 0.116. The van der Waals surface area contributed by atoms with E-state index in [2.05, 4.69) is 20.4 Å². The zero-order valence-electron chi connectivity index (χ0n) is 16.2. The zero-order valence-corrected chi connectivity index (χ0v) is 19.3. The zero-order chi connectivity index (χ0) is 21.8. The van der Waals surface area contributed by atoms with E-state index in [0.717, 1.165) is 24.7 Å². The van der Waals surface area contributed by atoms with E-state index in [-0.39, 0.29) is 11.7 Å². The van der Waals surface area contributed by atoms with Gasteiger partial charge in [-0.15, -0.1) is 10.2 Å². The lowest BCUT2D eigenvalue weighted by Crippen LogP contribution is -2.37. The van der Waals surface area contributed by atoms with Crippen LogP contribution in [0.2, 0.25) is 15.1 Å². The number of amides is 1. The van der Waals surface area contributed by atoms with Crippen LogP contribution in [0.4, 0.5) is 11.6 Å². The van der Waals surface area contributed by atoms with Crippen LogP contribution in [-0.4, -0.2) is 52.7 Å². The van der Waals surface area contributed by atoms with E-state index >= 15 is 0 Å². The van der Waals surface area contributed by atoms with Gasteiger partial charge in [-0.1, -0.05) is 64.8 Å². The molecule has 11 heteroatoms. The van der Waals surface area contributed by atoms with Gasteiger partial charge in [-0.2, -0.15) is 0 Å². The number of benzene rings is 2. The van der Waals surface area contributed by atoms with Gasteiger partial charge in [0, 0.05) is 13.1 Å². The van der Waals surface area contributed by atoms with Crippen LogP contribution < -0.4 is 10.2 Å². The number of rotatable bonds is 6. The van der Waals surface area contributed by atoms with Crippen molar-refractivity contribution in [1.82, 2.24) is 14.8 Å². The molecular weight excluding hydrogens is 481 g/mol. The standard InChI is InChI=1S/C20H18Cl3N5O2S/c21-14-10-16(23)17(11-15(14)22)24-18(29)12-31-20-26-25-19(27-6-8-30-9-7-27)28(20)13-4-2-1-3-5-13/h1-5,10-11H,6-9,12H2,(H,24,29). The quantitative estimate of drug-likeness (QED) is 0.389. The summed E-state index contributed by atoms with van der Waals surface area (Å²) < 4.78 is 7.40. The largest absolute Gasteiger partial charge is 0.378 e. The number of aromatic nitrogens is 3. The van der Waals surface area contributed by atoms with Gasteiger partial charge in [-0.05, 0) is 24.3 Å². The van der Waals surface area contributed by atoms with E-state index in [4.69, 9.17) is 39.5 Å². The topological polar surface area (TPSA) is 72.3 Å². The number of halogens is 3. The lowest BCUT2D eigenvalue weighted by atomic mass is 10.3. The molecule has 1 N–H and O–H groups in total. The van der Waals surface area contributed by atoms with E-state index < -0.39 is 0 Å². The molecule has 2 heterocycles. The Hall–Kier alpha value is -1.97. The number of carbonyl (C=O) groups excluding carboxylic acids is 1. The van der Waals surface area contributed by atoms with Crippen molar-refractivity contribution < 1.29 is 9.53 Å². The Kier molecular flexibility index (Phi) is 7.24. The van der Waals surface area contributed by atoms with E-state index in [1.54, 1.807) is 0 Å². The first-order chi connectivity index (χ1) is 15.0. The summed E-state index contributed by atoms with van der Waals surface area (Å²) in [7, 11) is 0. The minimum Gasteiger partial charge on any atom is -0.378 e. The van der Waals surface area contributed by atoms with Crippen LogP contribution in [0.1, 0.15) is 0 Å². The fourth-order valence-corrected chi connectivity index (χ4v) is 4.40. The lowest BCUT2D eigenvalue weighted by molar-refractivity contribution is -0.113. The summed E-state index contributed by atoms with van der Waals surface area (Å²) in [6.45, 7) is 2.73. The molecule has 0 aliphatic carbocycles. The third-order valence-electron chi connectivity index (χ3n) is 4.54. The second-order valence-corrected chi connectivity index (χ2v) is 8.80. The Morgan fingerprint density at radius 3 is 2.48 bits per heavy atom. The molecule has 1 aromatic heterocycles. The normalized spacial score (nSPS) is 14.0. The first kappa shape index (κ1) is 22.2. The van der Waals surface area contributed by atoms with E-state index in [9.17, 15) is 4.79 Å². The summed E-state index contributed by atoms with van der Waals surface area (Å²) in [6.07, 6.45) is 0. The van der Waals surface area contributed by atoms with Gasteiger partial charge in [0.25, 0.3) is 0 Å². The fourth-order valence-electron chi connectivity index (χ4n) is 3.06. The Morgan fingerprint density at radius 2 is 1.74 bits per heavy atom. The molecule has 31 heavy (non-hydrogen) atoms. The van der Waals surface area contributed by atoms with E-state index in [1.165, 1.54) is 23.9 Å². The van der Waals surface area contributed by atoms with Gasteiger partial charge >= 0.3 is 0 Å². The Labute approximate surface area is 198 Å². The molecule has 2 aromatic carbocycles. The van der Waals surface area contributed by atoms with Crippen molar-refractivity contribution in [1.29, 1.82) is 0 Å². The minimum atomic E-state index is -0.249. The molecule has 7 nitrogen and oxygen atoms in total. The number of hydrogen-bond acceptors (Lipinski definition) is 6. The first-order valence-corrected chi connectivity index (χ1v) is 11.6. The average molecular weight is 499 g/mol. The average Bonchev–Trinajstić information content (AvgIpc) is 3.21. The Balaban J connectivity index is 1.52. The molecule has 0 saturated carbocycles. The van der Waals surface area contributed by atoms with Crippen molar-refractivity contribution in [2.24, 2.45) is 0 Å². The van der Waals surface area contributed by atoms with Crippen LogP contribution in [0.3, 0.4) is 0 Å². The predicted molar refractivity (Wildman–Crippen MR) is 125 cm³/mol. The number of anilines is 2. The highest BCUT2D eigenvalue weighted by Gasteiger charge is 2.22. The molecule has 0 bridgehead atoms. The molecule has 0 radical (unpaired) electrons. The number of para-hydroxylation sites is 1. The summed E-state index contributed by atoms with van der Waals surface area (Å²) >= 11 is 19.4. The highest BCUT2D eigenvalue weighted by molar-refractivity contribution is 7.99. The summed E-state index contributed by atoms with van der Waals surface area (Å²) in [5, 5.41) is 13.1. The fraction of sp³-hybridized carbons (Fsp3) is 0.250. The predicted octanol–water partition coefficient (Wildman–Crippen LogP) is 4.79. The van der Waals surface area contributed by atoms with Crippen molar-refractivity contribution in [3.05, 3.63) is 57.5 Å². The summed E-state index contributed by atoms with van der Waals surface area (Å²) in [6, 6.07) is 12.8. The van der Waals surface area contributed by atoms with Crippen LogP contribution >= 0.6 is 46.6 Å². The lowest BCUT2D eigenvalue weighted by Gasteiger charge is -2.27. The molecule has 0 spiro atoms. The number of nitrogens with one attached hydrogen (secondary N) is 1. The molecule has 1 fully saturated rings. The molecule has 4 rings (SSSR count). The number of nitrogens with zero attached hydrogens (tertiary/aromatic N) is 4. The maximum Gasteiger partial charge on any atom is 0.234 e. The van der Waals surface area contributed by atoms with Crippen LogP contribution in [0.25, 0.3) is 5.69 Å². The van der Waals surface area contributed by atoms with Gasteiger partial charge in [0.2, 0.25) is 11.9 Å². The van der Waals surface area contributed by atoms with Crippen molar-refractivity contribution in [2.45, 2.75) is 5.16 Å². The van der Waals surface area contributed by atoms with Gasteiger partial charge in [-0.3, -0.25) is 9.36 Å². The summed E-state index contributed by atoms with van der Waals surface area (Å²) in [5.74, 6) is 0.593. The number of hydrogen-bond donors (Lipinski definition) is 1. The highest BCUT2D eigenvalue weighted by atomic mass is 35.5. The third-order valence-corrected chi connectivity index (χ3v) is 6.50. The molecule has 0 unspecified atom stereocenters. The van der Waals surface area contributed by atoms with Crippen LogP contribution in [0.5, 0.6) is 0 Å². The second-order valence-electron chi connectivity index (χ2n) is 6.64. The summed E-state index contributed by atoms with van der Waals surface area (Å²) in [5.41, 5.74) is 1.32. The third kappa shape index (κ3) is 5.27. The van der Waals surface area contributed by atoms with Gasteiger partial charge in [0.15, 0.2) is 5.16 Å². The Bertz CT molecular complexity index is 1070. The van der Waals surface area contributed by atoms with Crippen molar-refractivity contribution in [3.8, 4) is 5.69 Å². The molecule has 162 valence electrons. The number of carbonyl (C=O) groups is 1. The maximum absolute atomic E-state index is 12.5. The Morgan fingerprint density at radius 1 is 1.03 bits per heavy atom. The van der Waals surface area contributed by atoms with Crippen LogP contribution in [0, 0.1) is 0 Å². The maximum atomic E-state index is 12.5. The van der Waals surface area contributed by atoms with Gasteiger partial charge in [0.1, 0.15) is 0 Å². The molecule has 1 aliphatic rings. The number of thioether (sulfide) groups is 1. The van der Waals surface area contributed by atoms with Crippen molar-refractivity contribution in [2.75, 3.05) is 42.3 Å². The molecule has 1 saturated heterocycles. The van der Waals surface area contributed by atoms with Gasteiger partial charge in [-0.25, -0.2) is 0 Å². The second kappa shape index (κ2) is 10.1. The van der Waals surface area contributed by atoms with Gasteiger partial charge < -0.3 is 15.0 Å². The molecular formula is C20H18Cl3N5O2S. The molecule has 3 aromatic rings. The van der Waals surface area contributed by atoms with Crippen molar-refractivity contribution in [3.63, 3.8) is 0 Å². The van der Waals surface area contributed by atoms with Crippen LogP contribution in [0.15, 0.2) is 47.6 Å². The number of ether oxygens (including phenoxy) is 1. The van der Waals surface area contributed by atoms with Gasteiger partial charge in [0.05, 0.1) is 45.4 Å². The van der Waals surface area contributed by atoms with E-state index in [0.29, 0.717) is 39.1 Å². The summed E-state index contributed by atoms with van der Waals surface area (Å²) in [4.78, 5) is 14.7. The smallest absolute Gasteiger partial charge is 0.234 e. The number of morpholine rings is 1. The highest BCUT2D eigenvalue weighted by Crippen LogP contribution is 2.33. The SMILES string of the molecule is O=C(CSc1nnc(N2CCOCC2)n1-c1ccccc1)Nc1cc(Cl)c(Cl)cc1Cl. The molecule has 1 aliphatic heterocycles. The first-order valence-electron chi connectivity index (χ1n) is 9.43. The molecule has 1 amide bonds. The molecule has 0 atom stereocenters. The monoisotopic (exact) mass is 497 g/mol.